The van der Waals surface area contributed by atoms with Crippen molar-refractivity contribution in [3.05, 3.63) is 64.7 Å². The lowest BCUT2D eigenvalue weighted by Crippen LogP contribution is -2.44. The number of benzene rings is 2. The molecule has 29 heavy (non-hydrogen) atoms. The summed E-state index contributed by atoms with van der Waals surface area (Å²) in [4.78, 5) is 2.01. The van der Waals surface area contributed by atoms with Crippen LogP contribution in [-0.2, 0) is 0 Å². The molecule has 0 aromatic heterocycles. The predicted octanol–water partition coefficient (Wildman–Crippen LogP) is 6.11. The summed E-state index contributed by atoms with van der Waals surface area (Å²) in [6.45, 7) is 2.29. The van der Waals surface area contributed by atoms with E-state index < -0.39 is 24.0 Å². The third-order valence-electron chi connectivity index (χ3n) is 6.06. The molecule has 0 amide bonds. The van der Waals surface area contributed by atoms with Gasteiger partial charge < -0.3 is 4.74 Å². The van der Waals surface area contributed by atoms with Gasteiger partial charge in [-0.15, -0.1) is 0 Å². The third kappa shape index (κ3) is 3.97. The fourth-order valence-corrected chi connectivity index (χ4v) is 4.50. The maximum Gasteiger partial charge on any atom is 0.391 e. The molecule has 0 unspecified atom stereocenters. The average molecular weight is 411 g/mol. The van der Waals surface area contributed by atoms with Gasteiger partial charge in [-0.25, -0.2) is 8.78 Å². The Hall–Kier alpha value is -2.15. The van der Waals surface area contributed by atoms with E-state index in [1.165, 1.54) is 18.2 Å². The van der Waals surface area contributed by atoms with Crippen molar-refractivity contribution in [3.8, 4) is 5.75 Å². The van der Waals surface area contributed by atoms with Crippen LogP contribution in [0.3, 0.4) is 0 Å². The zero-order valence-electron chi connectivity index (χ0n) is 16.0. The molecule has 2 aromatic rings. The molecule has 2 aromatic carbocycles. The first-order valence-corrected chi connectivity index (χ1v) is 9.75. The van der Waals surface area contributed by atoms with Crippen molar-refractivity contribution in [2.24, 2.45) is 5.92 Å². The largest absolute Gasteiger partial charge is 0.493 e. The van der Waals surface area contributed by atoms with Crippen LogP contribution in [0.5, 0.6) is 5.75 Å². The lowest BCUT2D eigenvalue weighted by Gasteiger charge is -2.46. The normalized spacial score (nSPS) is 25.4. The number of rotatable bonds is 2. The Morgan fingerprint density at radius 3 is 2.41 bits per heavy atom. The molecular formula is C22H22F5NO. The zero-order chi connectivity index (χ0) is 20.8. The highest BCUT2D eigenvalue weighted by Crippen LogP contribution is 2.48. The quantitative estimate of drug-likeness (QED) is 0.553. The Morgan fingerprint density at radius 1 is 1.00 bits per heavy atom. The number of likely N-dealkylation sites (tertiary alicyclic amines) is 1. The summed E-state index contributed by atoms with van der Waals surface area (Å²) in [6.07, 6.45) is -3.83. The second kappa shape index (κ2) is 7.59. The number of alkyl halides is 3. The lowest BCUT2D eigenvalue weighted by atomic mass is 9.83. The van der Waals surface area contributed by atoms with Crippen LogP contribution in [-0.4, -0.2) is 24.2 Å². The van der Waals surface area contributed by atoms with Gasteiger partial charge in [-0.2, -0.15) is 13.2 Å². The minimum absolute atomic E-state index is 0.0117. The first-order valence-electron chi connectivity index (χ1n) is 9.75. The molecule has 0 N–H and O–H groups in total. The molecule has 0 spiro atoms. The first kappa shape index (κ1) is 20.1. The summed E-state index contributed by atoms with van der Waals surface area (Å²) in [7, 11) is 0. The van der Waals surface area contributed by atoms with Gasteiger partial charge in [0.25, 0.3) is 0 Å². The third-order valence-corrected chi connectivity index (χ3v) is 6.06. The molecule has 0 aliphatic carbocycles. The summed E-state index contributed by atoms with van der Waals surface area (Å²) in [5.41, 5.74) is 1.77. The van der Waals surface area contributed by atoms with Crippen molar-refractivity contribution in [1.82, 2.24) is 4.90 Å². The average Bonchev–Trinajstić information content (AvgIpc) is 2.68. The van der Waals surface area contributed by atoms with E-state index in [0.29, 0.717) is 35.5 Å². The summed E-state index contributed by atoms with van der Waals surface area (Å²) in [6, 6.07) is 7.92. The predicted molar refractivity (Wildman–Crippen MR) is 98.6 cm³/mol. The van der Waals surface area contributed by atoms with Crippen LogP contribution in [0, 0.1) is 24.5 Å². The van der Waals surface area contributed by atoms with Crippen LogP contribution in [0.15, 0.2) is 36.4 Å². The van der Waals surface area contributed by atoms with Crippen molar-refractivity contribution < 1.29 is 26.7 Å². The lowest BCUT2D eigenvalue weighted by molar-refractivity contribution is -0.192. The Balaban J connectivity index is 1.72. The van der Waals surface area contributed by atoms with Gasteiger partial charge in [0, 0.05) is 24.1 Å². The fraction of sp³-hybridized carbons (Fsp3) is 0.455. The van der Waals surface area contributed by atoms with Crippen molar-refractivity contribution >= 4 is 0 Å². The molecule has 3 atom stereocenters. The van der Waals surface area contributed by atoms with E-state index in [4.69, 9.17) is 4.74 Å². The van der Waals surface area contributed by atoms with Gasteiger partial charge >= 0.3 is 6.18 Å². The van der Waals surface area contributed by atoms with E-state index >= 15 is 0 Å². The van der Waals surface area contributed by atoms with Crippen LogP contribution >= 0.6 is 0 Å². The molecule has 7 heteroatoms. The maximum atomic E-state index is 14.3. The molecule has 156 valence electrons. The van der Waals surface area contributed by atoms with E-state index in [1.807, 2.05) is 4.90 Å². The van der Waals surface area contributed by atoms with Gasteiger partial charge in [-0.3, -0.25) is 4.90 Å². The van der Waals surface area contributed by atoms with E-state index in [1.54, 1.807) is 25.1 Å². The van der Waals surface area contributed by atoms with E-state index in [0.717, 1.165) is 0 Å². The van der Waals surface area contributed by atoms with Gasteiger partial charge in [0.2, 0.25) is 0 Å². The number of halogens is 5. The Kier molecular flexibility index (Phi) is 5.27. The van der Waals surface area contributed by atoms with E-state index in [-0.39, 0.29) is 31.2 Å². The van der Waals surface area contributed by atoms with Crippen molar-refractivity contribution in [1.29, 1.82) is 0 Å². The van der Waals surface area contributed by atoms with Gasteiger partial charge in [-0.1, -0.05) is 12.1 Å². The maximum absolute atomic E-state index is 14.3. The van der Waals surface area contributed by atoms with Crippen molar-refractivity contribution in [3.63, 3.8) is 0 Å². The molecule has 2 aliphatic rings. The fourth-order valence-electron chi connectivity index (χ4n) is 4.50. The Morgan fingerprint density at radius 2 is 1.72 bits per heavy atom. The minimum atomic E-state index is -4.28. The number of fused-ring (bicyclic) bond motifs is 1. The molecule has 2 heterocycles. The van der Waals surface area contributed by atoms with Crippen molar-refractivity contribution in [2.45, 2.75) is 44.4 Å². The zero-order valence-corrected chi connectivity index (χ0v) is 16.0. The molecule has 0 bridgehead atoms. The van der Waals surface area contributed by atoms with Crippen LogP contribution < -0.4 is 4.74 Å². The molecule has 4 rings (SSSR count). The van der Waals surface area contributed by atoms with E-state index in [2.05, 4.69) is 0 Å². The van der Waals surface area contributed by atoms with Gasteiger partial charge in [0.05, 0.1) is 12.5 Å². The van der Waals surface area contributed by atoms with Crippen LogP contribution in [0.25, 0.3) is 0 Å². The summed E-state index contributed by atoms with van der Waals surface area (Å²) in [5, 5.41) is 0. The number of ether oxygens (including phenoxy) is 1. The number of hydrogen-bond acceptors (Lipinski definition) is 2. The number of piperidine rings is 1. The molecule has 1 saturated heterocycles. The number of nitrogens with zero attached hydrogens (tertiary/aromatic N) is 1. The van der Waals surface area contributed by atoms with Gasteiger partial charge in [0.15, 0.2) is 0 Å². The van der Waals surface area contributed by atoms with E-state index in [9.17, 15) is 22.0 Å². The second-order valence-electron chi connectivity index (χ2n) is 7.86. The number of aryl methyl sites for hydroxylation is 1. The Labute approximate surface area is 166 Å². The summed E-state index contributed by atoms with van der Waals surface area (Å²) >= 11 is 0. The molecular weight excluding hydrogens is 389 g/mol. The molecule has 0 radical (unpaired) electrons. The highest BCUT2D eigenvalue weighted by atomic mass is 19.4. The molecule has 2 nitrogen and oxygen atoms in total. The highest BCUT2D eigenvalue weighted by Gasteiger charge is 2.46. The molecule has 2 aliphatic heterocycles. The summed E-state index contributed by atoms with van der Waals surface area (Å²) < 4.78 is 73.7. The highest BCUT2D eigenvalue weighted by molar-refractivity contribution is 5.42. The van der Waals surface area contributed by atoms with Crippen LogP contribution in [0.4, 0.5) is 22.0 Å². The van der Waals surface area contributed by atoms with Crippen molar-refractivity contribution in [2.75, 3.05) is 13.2 Å². The Bertz CT molecular complexity index is 880. The monoisotopic (exact) mass is 411 g/mol. The number of hydrogen-bond donors (Lipinski definition) is 0. The van der Waals surface area contributed by atoms with Gasteiger partial charge in [-0.05, 0) is 61.7 Å². The smallest absolute Gasteiger partial charge is 0.391 e. The second-order valence-corrected chi connectivity index (χ2v) is 7.86. The standard InChI is InChI=1S/C22H22F5NO/c1-13-10-21-17(12-18(13)24)19(7-9-29-21)28-8-6-15(22(25,26)27)11-20(28)14-2-4-16(23)5-3-14/h2-5,10,12,15,19-20H,6-9,11H2,1H3/t15-,19+,20+/m1/s1. The SMILES string of the molecule is Cc1cc2c(cc1F)[C@@H](N1CC[C@@H](C(F)(F)F)C[C@H]1c1ccc(F)cc1)CCO2. The first-order chi connectivity index (χ1) is 13.7. The molecule has 1 fully saturated rings. The minimum Gasteiger partial charge on any atom is -0.493 e. The topological polar surface area (TPSA) is 12.5 Å². The van der Waals surface area contributed by atoms with Crippen LogP contribution in [0.1, 0.15) is 48.0 Å². The summed E-state index contributed by atoms with van der Waals surface area (Å²) in [5.74, 6) is -1.63. The van der Waals surface area contributed by atoms with Gasteiger partial charge in [0.1, 0.15) is 17.4 Å². The molecule has 0 saturated carbocycles. The van der Waals surface area contributed by atoms with Crippen LogP contribution in [0.2, 0.25) is 0 Å².